The Bertz CT molecular complexity index is 3280. The predicted octanol–water partition coefficient (Wildman–Crippen LogP) is 13.1. The van der Waals surface area contributed by atoms with E-state index in [4.69, 9.17) is 0 Å². The highest BCUT2D eigenvalue weighted by Gasteiger charge is 2.13. The van der Waals surface area contributed by atoms with Crippen LogP contribution in [0.25, 0.3) is 108 Å². The Morgan fingerprint density at radius 3 is 1.08 bits per heavy atom. The van der Waals surface area contributed by atoms with Gasteiger partial charge in [0.15, 0.2) is 11.5 Å². The Labute approximate surface area is 286 Å². The first-order chi connectivity index (χ1) is 24.5. The lowest BCUT2D eigenvalue weighted by Gasteiger charge is -2.13. The molecule has 0 amide bonds. The van der Waals surface area contributed by atoms with Gasteiger partial charge in [0, 0.05) is 5.56 Å². The lowest BCUT2D eigenvalue weighted by Crippen LogP contribution is -1.86. The largest absolute Gasteiger partial charge is 0.504 e. The minimum atomic E-state index is -0.117. The molecule has 0 aliphatic heterocycles. The number of phenolic OH excluding ortho intramolecular Hbond substituents is 2. The van der Waals surface area contributed by atoms with E-state index in [-0.39, 0.29) is 11.5 Å². The summed E-state index contributed by atoms with van der Waals surface area (Å²) in [5, 5.41) is 42.7. The molecule has 0 aromatic heterocycles. The van der Waals surface area contributed by atoms with Crippen LogP contribution in [0.1, 0.15) is 0 Å². The normalized spacial score (nSPS) is 12.2. The van der Waals surface area contributed by atoms with Gasteiger partial charge in [-0.15, -0.1) is 0 Å². The van der Waals surface area contributed by atoms with Gasteiger partial charge in [-0.3, -0.25) is 0 Å². The third-order valence-electron chi connectivity index (χ3n) is 10.8. The number of hydrogen-bond donors (Lipinski definition) is 2. The molecule has 0 radical (unpaired) electrons. The Balaban J connectivity index is 1.11. The molecule has 2 N–H and O–H groups in total. The van der Waals surface area contributed by atoms with Gasteiger partial charge in [-0.05, 0) is 194 Å². The summed E-state index contributed by atoms with van der Waals surface area (Å²) in [6, 6.07) is 56.6. The van der Waals surface area contributed by atoms with Crippen molar-refractivity contribution < 1.29 is 10.2 Å². The number of para-hydroxylation sites is 1. The lowest BCUT2D eigenvalue weighted by molar-refractivity contribution is 0.405. The smallest absolute Gasteiger partial charge is 0.165 e. The van der Waals surface area contributed by atoms with E-state index in [9.17, 15) is 10.2 Å². The average molecular weight is 637 g/mol. The van der Waals surface area contributed by atoms with Crippen LogP contribution in [0.5, 0.6) is 11.5 Å². The lowest BCUT2D eigenvalue weighted by atomic mass is 9.92. The van der Waals surface area contributed by atoms with Crippen molar-refractivity contribution in [3.05, 3.63) is 158 Å². The molecule has 11 aromatic carbocycles. The van der Waals surface area contributed by atoms with Crippen LogP contribution >= 0.6 is 0 Å². The molecule has 50 heavy (non-hydrogen) atoms. The second-order valence-electron chi connectivity index (χ2n) is 13.8. The fourth-order valence-corrected chi connectivity index (χ4v) is 8.26. The third-order valence-corrected chi connectivity index (χ3v) is 10.8. The molecule has 232 valence electrons. The first-order valence-corrected chi connectivity index (χ1v) is 17.0. The summed E-state index contributed by atoms with van der Waals surface area (Å²) in [4.78, 5) is 0. The van der Waals surface area contributed by atoms with Crippen molar-refractivity contribution in [1.82, 2.24) is 0 Å². The number of benzene rings is 11. The maximum Gasteiger partial charge on any atom is 0.165 e. The van der Waals surface area contributed by atoms with Crippen molar-refractivity contribution in [2.45, 2.75) is 0 Å². The predicted molar refractivity (Wildman–Crippen MR) is 213 cm³/mol. The molecule has 11 aromatic rings. The van der Waals surface area contributed by atoms with E-state index in [2.05, 4.69) is 127 Å². The van der Waals surface area contributed by atoms with Crippen LogP contribution < -0.4 is 0 Å². The van der Waals surface area contributed by atoms with E-state index in [0.29, 0.717) is 5.56 Å². The first kappa shape index (κ1) is 27.3. The fraction of sp³-hybridized carbons (Fsp3) is 0. The van der Waals surface area contributed by atoms with E-state index >= 15 is 0 Å². The molecule has 2 nitrogen and oxygen atoms in total. The van der Waals surface area contributed by atoms with Crippen molar-refractivity contribution in [2.75, 3.05) is 0 Å². The highest BCUT2D eigenvalue weighted by Crippen LogP contribution is 2.41. The summed E-state index contributed by atoms with van der Waals surface area (Å²) in [5.74, 6) is -0.215. The Morgan fingerprint density at radius 2 is 0.580 bits per heavy atom. The number of aromatic hydroxyl groups is 2. The number of rotatable bonds is 1. The van der Waals surface area contributed by atoms with E-state index in [1.807, 2.05) is 18.2 Å². The molecule has 0 aliphatic rings. The number of phenols is 2. The van der Waals surface area contributed by atoms with Crippen LogP contribution in [0.15, 0.2) is 158 Å². The molecule has 0 fully saturated rings. The maximum atomic E-state index is 10.7. The first-order valence-electron chi connectivity index (χ1n) is 17.0. The van der Waals surface area contributed by atoms with Gasteiger partial charge in [0.05, 0.1) is 0 Å². The van der Waals surface area contributed by atoms with E-state index in [0.717, 1.165) is 21.7 Å². The molecule has 0 bridgehead atoms. The van der Waals surface area contributed by atoms with Crippen LogP contribution in [-0.2, 0) is 0 Å². The van der Waals surface area contributed by atoms with Crippen LogP contribution in [0.3, 0.4) is 0 Å². The summed E-state index contributed by atoms with van der Waals surface area (Å²) < 4.78 is 0. The van der Waals surface area contributed by atoms with Crippen molar-refractivity contribution in [1.29, 1.82) is 0 Å². The molecular weight excluding hydrogens is 609 g/mol. The van der Waals surface area contributed by atoms with Crippen LogP contribution in [0, 0.1) is 0 Å². The molecule has 0 heterocycles. The minimum Gasteiger partial charge on any atom is -0.504 e. The molecule has 0 aliphatic carbocycles. The molecule has 0 atom stereocenters. The number of hydrogen-bond acceptors (Lipinski definition) is 2. The van der Waals surface area contributed by atoms with Crippen molar-refractivity contribution in [2.24, 2.45) is 0 Å². The van der Waals surface area contributed by atoms with E-state index in [1.54, 1.807) is 6.07 Å². The quantitative estimate of drug-likeness (QED) is 0.107. The fourth-order valence-electron chi connectivity index (χ4n) is 8.26. The van der Waals surface area contributed by atoms with E-state index in [1.165, 1.54) is 86.9 Å². The second kappa shape index (κ2) is 9.95. The standard InChI is InChI=1S/C48H28O2/c49-47-10-4-9-43(48(47)50)42-8-3-7-29-15-34-20-35-16-30-11-12-31-17-36-21-37-18-32-13-27-5-1-2-6-28(27)14-33(32)19-38(37)22-39(36)25-45(31)46(30)26-41(35)23-40(34)24-44(29)42/h1-26,49-50H. The average Bonchev–Trinajstić information content (AvgIpc) is 3.13. The summed E-state index contributed by atoms with van der Waals surface area (Å²) in [6.07, 6.45) is 0. The molecule has 0 unspecified atom stereocenters. The molecule has 0 saturated heterocycles. The zero-order valence-corrected chi connectivity index (χ0v) is 26.9. The molecular formula is C48H28O2. The van der Waals surface area contributed by atoms with Gasteiger partial charge in [-0.25, -0.2) is 0 Å². The summed E-state index contributed by atoms with van der Waals surface area (Å²) in [7, 11) is 0. The molecule has 0 spiro atoms. The monoisotopic (exact) mass is 636 g/mol. The second-order valence-corrected chi connectivity index (χ2v) is 13.8. The zero-order valence-electron chi connectivity index (χ0n) is 26.9. The Hall–Kier alpha value is -6.64. The van der Waals surface area contributed by atoms with Crippen molar-refractivity contribution >= 4 is 97.0 Å². The summed E-state index contributed by atoms with van der Waals surface area (Å²) in [5.41, 5.74) is 1.51. The van der Waals surface area contributed by atoms with Gasteiger partial charge in [0.1, 0.15) is 0 Å². The number of fused-ring (bicyclic) bond motifs is 10. The molecule has 11 rings (SSSR count). The Kier molecular flexibility index (Phi) is 5.44. The topological polar surface area (TPSA) is 40.5 Å². The maximum absolute atomic E-state index is 10.7. The van der Waals surface area contributed by atoms with Gasteiger partial charge in [-0.1, -0.05) is 66.7 Å². The van der Waals surface area contributed by atoms with Crippen molar-refractivity contribution in [3.8, 4) is 22.6 Å². The van der Waals surface area contributed by atoms with Crippen LogP contribution in [0.2, 0.25) is 0 Å². The third kappa shape index (κ3) is 4.03. The highest BCUT2D eigenvalue weighted by atomic mass is 16.3. The van der Waals surface area contributed by atoms with Gasteiger partial charge in [-0.2, -0.15) is 0 Å². The van der Waals surface area contributed by atoms with Crippen LogP contribution in [-0.4, -0.2) is 10.2 Å². The summed E-state index contributed by atoms with van der Waals surface area (Å²) in [6.45, 7) is 0. The summed E-state index contributed by atoms with van der Waals surface area (Å²) >= 11 is 0. The van der Waals surface area contributed by atoms with Gasteiger partial charge in [0.2, 0.25) is 0 Å². The molecule has 2 heteroatoms. The van der Waals surface area contributed by atoms with Gasteiger partial charge >= 0.3 is 0 Å². The van der Waals surface area contributed by atoms with Crippen molar-refractivity contribution in [3.63, 3.8) is 0 Å². The minimum absolute atomic E-state index is 0.0977. The SMILES string of the molecule is Oc1cccc(-c2cccc3cc4cc5cc6ccc7cc8cc9cc%10cc%11ccccc%11cc%10cc9cc8cc7c6cc5cc4cc23)c1O. The Morgan fingerprint density at radius 1 is 0.240 bits per heavy atom. The molecule has 0 saturated carbocycles. The van der Waals surface area contributed by atoms with Gasteiger partial charge in [0.25, 0.3) is 0 Å². The van der Waals surface area contributed by atoms with E-state index < -0.39 is 0 Å². The zero-order chi connectivity index (χ0) is 33.1. The highest BCUT2D eigenvalue weighted by molar-refractivity contribution is 6.18. The van der Waals surface area contributed by atoms with Gasteiger partial charge < -0.3 is 10.2 Å². The van der Waals surface area contributed by atoms with Crippen LogP contribution in [0.4, 0.5) is 0 Å².